The minimum Gasteiger partial charge on any atom is -0.478 e. The summed E-state index contributed by atoms with van der Waals surface area (Å²) in [7, 11) is 1.84. The second-order valence-electron chi connectivity index (χ2n) is 6.15. The van der Waals surface area contributed by atoms with Gasteiger partial charge in [0, 0.05) is 57.7 Å². The van der Waals surface area contributed by atoms with Gasteiger partial charge < -0.3 is 19.9 Å². The molecule has 0 aliphatic carbocycles. The third-order valence-corrected chi connectivity index (χ3v) is 4.45. The van der Waals surface area contributed by atoms with Crippen LogP contribution in [0.25, 0.3) is 0 Å². The zero-order chi connectivity index (χ0) is 18.2. The van der Waals surface area contributed by atoms with Crippen LogP contribution in [0.3, 0.4) is 0 Å². The van der Waals surface area contributed by atoms with Crippen LogP contribution in [0.15, 0.2) is 53.7 Å². The highest BCUT2D eigenvalue weighted by Gasteiger charge is 2.19. The number of nitrogens with zero attached hydrogens (tertiary/aromatic N) is 4. The molecule has 2 heterocycles. The Bertz CT molecular complexity index is 711. The van der Waals surface area contributed by atoms with Gasteiger partial charge in [-0.3, -0.25) is 4.99 Å². The summed E-state index contributed by atoms with van der Waals surface area (Å²) in [6.07, 6.45) is 1.78. The van der Waals surface area contributed by atoms with Crippen LogP contribution in [0.4, 0.5) is 5.69 Å². The lowest BCUT2D eigenvalue weighted by atomic mass is 10.2. The first kappa shape index (κ1) is 18.0. The molecule has 1 aliphatic rings. The van der Waals surface area contributed by atoms with Gasteiger partial charge >= 0.3 is 0 Å². The maximum atomic E-state index is 5.46. The Morgan fingerprint density at radius 3 is 2.62 bits per heavy atom. The third kappa shape index (κ3) is 4.65. The number of benzene rings is 1. The predicted octanol–water partition coefficient (Wildman–Crippen LogP) is 2.38. The average Bonchev–Trinajstić information content (AvgIpc) is 2.70. The lowest BCUT2D eigenvalue weighted by Crippen LogP contribution is -2.52. The van der Waals surface area contributed by atoms with Crippen molar-refractivity contribution in [3.05, 3.63) is 54.2 Å². The smallest absolute Gasteiger partial charge is 0.213 e. The topological polar surface area (TPSA) is 53.0 Å². The fraction of sp³-hybridized carbons (Fsp3) is 0.400. The highest BCUT2D eigenvalue weighted by Crippen LogP contribution is 2.15. The Hall–Kier alpha value is -2.76. The summed E-state index contributed by atoms with van der Waals surface area (Å²) < 4.78 is 5.46. The molecule has 1 aromatic carbocycles. The normalized spacial score (nSPS) is 15.1. The summed E-state index contributed by atoms with van der Waals surface area (Å²) >= 11 is 0. The number of anilines is 1. The fourth-order valence-electron chi connectivity index (χ4n) is 3.12. The van der Waals surface area contributed by atoms with E-state index in [0.29, 0.717) is 19.0 Å². The van der Waals surface area contributed by atoms with Gasteiger partial charge in [0.1, 0.15) is 0 Å². The zero-order valence-electron chi connectivity index (χ0n) is 15.6. The quantitative estimate of drug-likeness (QED) is 0.661. The van der Waals surface area contributed by atoms with Gasteiger partial charge in [-0.2, -0.15) is 0 Å². The van der Waals surface area contributed by atoms with Crippen LogP contribution in [0.2, 0.25) is 0 Å². The summed E-state index contributed by atoms with van der Waals surface area (Å²) in [6.45, 7) is 7.18. The molecule has 0 amide bonds. The molecule has 1 aromatic heterocycles. The van der Waals surface area contributed by atoms with E-state index < -0.39 is 0 Å². The maximum absolute atomic E-state index is 5.46. The molecule has 6 heteroatoms. The lowest BCUT2D eigenvalue weighted by Gasteiger charge is -2.37. The second-order valence-corrected chi connectivity index (χ2v) is 6.15. The number of ether oxygens (including phenoxy) is 1. The van der Waals surface area contributed by atoms with Gasteiger partial charge in [-0.15, -0.1) is 0 Å². The molecule has 0 bridgehead atoms. The number of aliphatic imine (C=N–C) groups is 1. The van der Waals surface area contributed by atoms with Gasteiger partial charge in [0.05, 0.1) is 6.61 Å². The Morgan fingerprint density at radius 2 is 1.92 bits per heavy atom. The number of guanidine groups is 1. The predicted molar refractivity (Wildman–Crippen MR) is 106 cm³/mol. The molecule has 1 saturated heterocycles. The molecule has 1 fully saturated rings. The van der Waals surface area contributed by atoms with Crippen LogP contribution in [0.1, 0.15) is 12.5 Å². The number of pyridine rings is 1. The molecular weight excluding hydrogens is 326 g/mol. The first-order chi connectivity index (χ1) is 12.8. The highest BCUT2D eigenvalue weighted by molar-refractivity contribution is 5.80. The Labute approximate surface area is 155 Å². The van der Waals surface area contributed by atoms with E-state index in [4.69, 9.17) is 4.74 Å². The molecule has 0 atom stereocenters. The minimum atomic E-state index is 0.622. The highest BCUT2D eigenvalue weighted by atomic mass is 16.5. The van der Waals surface area contributed by atoms with E-state index in [1.807, 2.05) is 26.1 Å². The van der Waals surface area contributed by atoms with E-state index in [1.54, 1.807) is 6.20 Å². The van der Waals surface area contributed by atoms with E-state index in [2.05, 4.69) is 55.4 Å². The standard InChI is InChI=1S/C20H27N5O/c1-3-26-19-15-17(9-10-22-19)16-23-20(21-2)25-13-11-24(12-14-25)18-7-5-4-6-8-18/h4-10,15H,3,11-14,16H2,1-2H3,(H,21,23). The lowest BCUT2D eigenvalue weighted by molar-refractivity contribution is 0.326. The van der Waals surface area contributed by atoms with Crippen molar-refractivity contribution in [2.45, 2.75) is 13.5 Å². The van der Waals surface area contributed by atoms with Gasteiger partial charge in [0.2, 0.25) is 5.88 Å². The third-order valence-electron chi connectivity index (χ3n) is 4.45. The summed E-state index contributed by atoms with van der Waals surface area (Å²) in [5, 5.41) is 3.45. The van der Waals surface area contributed by atoms with Gasteiger partial charge in [-0.25, -0.2) is 4.98 Å². The molecule has 6 nitrogen and oxygen atoms in total. The van der Waals surface area contributed by atoms with Crippen molar-refractivity contribution in [3.8, 4) is 5.88 Å². The van der Waals surface area contributed by atoms with E-state index >= 15 is 0 Å². The molecule has 0 radical (unpaired) electrons. The molecule has 0 saturated carbocycles. The Balaban J connectivity index is 1.53. The molecule has 1 aliphatic heterocycles. The fourth-order valence-corrected chi connectivity index (χ4v) is 3.12. The molecule has 0 unspecified atom stereocenters. The molecule has 138 valence electrons. The Kier molecular flexibility index (Phi) is 6.30. The number of piperazine rings is 1. The van der Waals surface area contributed by atoms with Crippen molar-refractivity contribution in [2.75, 3.05) is 44.7 Å². The van der Waals surface area contributed by atoms with Crippen LogP contribution in [-0.2, 0) is 6.54 Å². The average molecular weight is 353 g/mol. The van der Waals surface area contributed by atoms with Crippen LogP contribution in [0, 0.1) is 0 Å². The van der Waals surface area contributed by atoms with Gasteiger partial charge in [-0.05, 0) is 30.7 Å². The van der Waals surface area contributed by atoms with E-state index in [9.17, 15) is 0 Å². The van der Waals surface area contributed by atoms with E-state index in [1.165, 1.54) is 5.69 Å². The molecular formula is C20H27N5O. The van der Waals surface area contributed by atoms with Crippen molar-refractivity contribution in [1.29, 1.82) is 0 Å². The van der Waals surface area contributed by atoms with Crippen LogP contribution >= 0.6 is 0 Å². The summed E-state index contributed by atoms with van der Waals surface area (Å²) in [6, 6.07) is 14.5. The van der Waals surface area contributed by atoms with Gasteiger partial charge in [0.25, 0.3) is 0 Å². The van der Waals surface area contributed by atoms with Crippen molar-refractivity contribution in [1.82, 2.24) is 15.2 Å². The monoisotopic (exact) mass is 353 g/mol. The van der Waals surface area contributed by atoms with E-state index in [-0.39, 0.29) is 0 Å². The zero-order valence-corrected chi connectivity index (χ0v) is 15.6. The SMILES string of the molecule is CCOc1cc(CNC(=NC)N2CCN(c3ccccc3)CC2)ccn1. The second kappa shape index (κ2) is 9.08. The largest absolute Gasteiger partial charge is 0.478 e. The number of para-hydroxylation sites is 1. The molecule has 26 heavy (non-hydrogen) atoms. The molecule has 0 spiro atoms. The number of rotatable bonds is 5. The Morgan fingerprint density at radius 1 is 1.15 bits per heavy atom. The number of aromatic nitrogens is 1. The summed E-state index contributed by atoms with van der Waals surface area (Å²) in [5.41, 5.74) is 2.42. The first-order valence-electron chi connectivity index (χ1n) is 9.13. The molecule has 1 N–H and O–H groups in total. The molecule has 2 aromatic rings. The van der Waals surface area contributed by atoms with E-state index in [0.717, 1.165) is 37.7 Å². The number of nitrogens with one attached hydrogen (secondary N) is 1. The number of hydrogen-bond acceptors (Lipinski definition) is 4. The van der Waals surface area contributed by atoms with Crippen molar-refractivity contribution in [2.24, 2.45) is 4.99 Å². The van der Waals surface area contributed by atoms with Crippen molar-refractivity contribution >= 4 is 11.6 Å². The summed E-state index contributed by atoms with van der Waals surface area (Å²) in [5.74, 6) is 1.60. The van der Waals surface area contributed by atoms with Crippen LogP contribution in [-0.4, -0.2) is 55.7 Å². The van der Waals surface area contributed by atoms with Crippen molar-refractivity contribution in [3.63, 3.8) is 0 Å². The minimum absolute atomic E-state index is 0.622. The first-order valence-corrected chi connectivity index (χ1v) is 9.13. The van der Waals surface area contributed by atoms with Gasteiger partial charge in [0.15, 0.2) is 5.96 Å². The van der Waals surface area contributed by atoms with Crippen molar-refractivity contribution < 1.29 is 4.74 Å². The number of hydrogen-bond donors (Lipinski definition) is 1. The maximum Gasteiger partial charge on any atom is 0.213 e. The van der Waals surface area contributed by atoms with Gasteiger partial charge in [-0.1, -0.05) is 18.2 Å². The van der Waals surface area contributed by atoms with Crippen LogP contribution in [0.5, 0.6) is 5.88 Å². The van der Waals surface area contributed by atoms with Crippen LogP contribution < -0.4 is 15.0 Å². The molecule has 3 rings (SSSR count). The summed E-state index contributed by atoms with van der Waals surface area (Å²) in [4.78, 5) is 13.4.